The zero-order chi connectivity index (χ0) is 13.0. The number of rotatable bonds is 5. The number of ether oxygens (including phenoxy) is 1. The predicted molar refractivity (Wildman–Crippen MR) is 79.3 cm³/mol. The third-order valence-electron chi connectivity index (χ3n) is 3.77. The highest BCUT2D eigenvalue weighted by Crippen LogP contribution is 2.30. The molecule has 2 nitrogen and oxygen atoms in total. The summed E-state index contributed by atoms with van der Waals surface area (Å²) in [5.41, 5.74) is 1.37. The van der Waals surface area contributed by atoms with E-state index in [1.165, 1.54) is 18.4 Å². The van der Waals surface area contributed by atoms with Crippen molar-refractivity contribution in [2.24, 2.45) is 5.92 Å². The summed E-state index contributed by atoms with van der Waals surface area (Å²) in [5, 5.41) is 3.36. The van der Waals surface area contributed by atoms with Gasteiger partial charge in [-0.15, -0.1) is 0 Å². The van der Waals surface area contributed by atoms with Gasteiger partial charge >= 0.3 is 0 Å². The van der Waals surface area contributed by atoms with Gasteiger partial charge in [0.2, 0.25) is 0 Å². The molecule has 0 radical (unpaired) electrons. The van der Waals surface area contributed by atoms with Crippen LogP contribution in [0.25, 0.3) is 0 Å². The molecule has 0 saturated carbocycles. The number of hydrogen-bond acceptors (Lipinski definition) is 2. The fraction of sp³-hybridized carbons (Fsp3) is 0.600. The Hall–Kier alpha value is -0.540. The quantitative estimate of drug-likeness (QED) is 0.889. The molecule has 2 rings (SSSR count). The lowest BCUT2D eigenvalue weighted by Gasteiger charge is -2.15. The fourth-order valence-corrected chi connectivity index (χ4v) is 2.75. The Morgan fingerprint density at radius 3 is 2.94 bits per heavy atom. The first kappa shape index (κ1) is 13.9. The second-order valence-electron chi connectivity index (χ2n) is 5.17. The molecule has 0 bridgehead atoms. The Morgan fingerprint density at radius 1 is 1.50 bits per heavy atom. The second-order valence-corrected chi connectivity index (χ2v) is 6.02. The van der Waals surface area contributed by atoms with Gasteiger partial charge in [-0.2, -0.15) is 0 Å². The van der Waals surface area contributed by atoms with Gasteiger partial charge in [-0.3, -0.25) is 0 Å². The van der Waals surface area contributed by atoms with E-state index >= 15 is 0 Å². The largest absolute Gasteiger partial charge is 0.492 e. The topological polar surface area (TPSA) is 21.3 Å². The van der Waals surface area contributed by atoms with Gasteiger partial charge in [0.05, 0.1) is 11.1 Å². The zero-order valence-corrected chi connectivity index (χ0v) is 12.8. The number of nitrogens with one attached hydrogen (secondary N) is 1. The predicted octanol–water partition coefficient (Wildman–Crippen LogP) is 3.95. The molecule has 0 aliphatic carbocycles. The summed E-state index contributed by atoms with van der Waals surface area (Å²) < 4.78 is 6.98. The van der Waals surface area contributed by atoms with E-state index in [-0.39, 0.29) is 0 Å². The first-order valence-electron chi connectivity index (χ1n) is 6.83. The van der Waals surface area contributed by atoms with Crippen LogP contribution in [0.1, 0.15) is 38.2 Å². The van der Waals surface area contributed by atoms with Gasteiger partial charge in [-0.05, 0) is 58.9 Å². The van der Waals surface area contributed by atoms with Gasteiger partial charge in [0, 0.05) is 12.5 Å². The molecule has 1 heterocycles. The molecule has 0 aromatic heterocycles. The van der Waals surface area contributed by atoms with Crippen LogP contribution in [0.2, 0.25) is 0 Å². The van der Waals surface area contributed by atoms with Crippen LogP contribution in [-0.4, -0.2) is 19.7 Å². The molecule has 2 atom stereocenters. The van der Waals surface area contributed by atoms with Crippen molar-refractivity contribution in [1.82, 2.24) is 5.32 Å². The Balaban J connectivity index is 1.96. The van der Waals surface area contributed by atoms with E-state index in [1.807, 2.05) is 0 Å². The Morgan fingerprint density at radius 2 is 2.33 bits per heavy atom. The molecule has 0 amide bonds. The van der Waals surface area contributed by atoms with Crippen molar-refractivity contribution in [1.29, 1.82) is 0 Å². The zero-order valence-electron chi connectivity index (χ0n) is 11.2. The van der Waals surface area contributed by atoms with Crippen LogP contribution in [0.15, 0.2) is 22.7 Å². The lowest BCUT2D eigenvalue weighted by molar-refractivity contribution is 0.258. The van der Waals surface area contributed by atoms with Crippen molar-refractivity contribution >= 4 is 15.9 Å². The van der Waals surface area contributed by atoms with Crippen molar-refractivity contribution in [2.45, 2.75) is 32.6 Å². The van der Waals surface area contributed by atoms with E-state index in [9.17, 15) is 0 Å². The maximum absolute atomic E-state index is 5.90. The highest BCUT2D eigenvalue weighted by molar-refractivity contribution is 9.10. The monoisotopic (exact) mass is 311 g/mol. The Labute approximate surface area is 118 Å². The van der Waals surface area contributed by atoms with Crippen LogP contribution >= 0.6 is 15.9 Å². The number of hydrogen-bond donors (Lipinski definition) is 1. The van der Waals surface area contributed by atoms with Crippen molar-refractivity contribution in [2.75, 3.05) is 19.7 Å². The Kier molecular flexibility index (Phi) is 5.07. The molecule has 0 spiro atoms. The van der Waals surface area contributed by atoms with Gasteiger partial charge in [0.1, 0.15) is 5.75 Å². The average molecular weight is 312 g/mol. The van der Waals surface area contributed by atoms with Crippen LogP contribution in [-0.2, 0) is 0 Å². The maximum Gasteiger partial charge on any atom is 0.133 e. The minimum atomic E-state index is 0.606. The van der Waals surface area contributed by atoms with Gasteiger partial charge in [-0.25, -0.2) is 0 Å². The van der Waals surface area contributed by atoms with Crippen LogP contribution in [0, 0.1) is 5.92 Å². The molecular formula is C15H22BrNO. The first-order valence-corrected chi connectivity index (χ1v) is 7.63. The highest BCUT2D eigenvalue weighted by Gasteiger charge is 2.15. The minimum Gasteiger partial charge on any atom is -0.492 e. The smallest absolute Gasteiger partial charge is 0.133 e. The second kappa shape index (κ2) is 6.58. The minimum absolute atomic E-state index is 0.606. The molecule has 3 heteroatoms. The molecule has 1 aliphatic rings. The molecule has 1 aromatic rings. The van der Waals surface area contributed by atoms with Crippen LogP contribution < -0.4 is 10.1 Å². The molecule has 1 aromatic carbocycles. The van der Waals surface area contributed by atoms with E-state index in [2.05, 4.69) is 53.3 Å². The summed E-state index contributed by atoms with van der Waals surface area (Å²) in [4.78, 5) is 0. The van der Waals surface area contributed by atoms with Gasteiger partial charge in [0.25, 0.3) is 0 Å². The van der Waals surface area contributed by atoms with Crippen molar-refractivity contribution < 1.29 is 4.74 Å². The van der Waals surface area contributed by atoms with Crippen molar-refractivity contribution in [3.05, 3.63) is 28.2 Å². The fourth-order valence-electron chi connectivity index (χ4n) is 2.24. The molecule has 0 unspecified atom stereocenters. The van der Waals surface area contributed by atoms with Crippen molar-refractivity contribution in [3.63, 3.8) is 0 Å². The molecular weight excluding hydrogens is 290 g/mol. The number of halogens is 1. The summed E-state index contributed by atoms with van der Waals surface area (Å²) in [7, 11) is 0. The summed E-state index contributed by atoms with van der Waals surface area (Å²) >= 11 is 3.61. The molecule has 1 fully saturated rings. The van der Waals surface area contributed by atoms with Crippen LogP contribution in [0.5, 0.6) is 5.75 Å². The number of benzene rings is 1. The lowest BCUT2D eigenvalue weighted by Crippen LogP contribution is -2.15. The van der Waals surface area contributed by atoms with Gasteiger partial charge in [-0.1, -0.05) is 19.9 Å². The SMILES string of the molecule is CC[C@@H](C)c1ccc(OC[C@@H]2CCNC2)c(Br)c1. The van der Waals surface area contributed by atoms with E-state index in [4.69, 9.17) is 4.74 Å². The van der Waals surface area contributed by atoms with Crippen LogP contribution in [0.4, 0.5) is 0 Å². The molecule has 1 N–H and O–H groups in total. The lowest BCUT2D eigenvalue weighted by atomic mass is 9.99. The van der Waals surface area contributed by atoms with Gasteiger partial charge < -0.3 is 10.1 Å². The van der Waals surface area contributed by atoms with E-state index < -0.39 is 0 Å². The Bertz CT molecular complexity index is 388. The summed E-state index contributed by atoms with van der Waals surface area (Å²) in [6.07, 6.45) is 2.39. The molecule has 18 heavy (non-hydrogen) atoms. The van der Waals surface area contributed by atoms with E-state index in [0.717, 1.165) is 29.9 Å². The summed E-state index contributed by atoms with van der Waals surface area (Å²) in [6.45, 7) is 7.50. The van der Waals surface area contributed by atoms with Crippen LogP contribution in [0.3, 0.4) is 0 Å². The standard InChI is InChI=1S/C15H22BrNO/c1-3-11(2)13-4-5-15(14(16)8-13)18-10-12-6-7-17-9-12/h4-5,8,11-12,17H,3,6-7,9-10H2,1-2H3/t11-,12-/m1/s1. The molecule has 1 aliphatic heterocycles. The highest BCUT2D eigenvalue weighted by atomic mass is 79.9. The van der Waals surface area contributed by atoms with E-state index in [1.54, 1.807) is 0 Å². The first-order chi connectivity index (χ1) is 8.70. The third-order valence-corrected chi connectivity index (χ3v) is 4.39. The third kappa shape index (κ3) is 3.48. The summed E-state index contributed by atoms with van der Waals surface area (Å²) in [5.74, 6) is 2.23. The molecule has 1 saturated heterocycles. The maximum atomic E-state index is 5.90. The average Bonchev–Trinajstić information content (AvgIpc) is 2.89. The normalized spacial score (nSPS) is 20.9. The van der Waals surface area contributed by atoms with Gasteiger partial charge in [0.15, 0.2) is 0 Å². The summed E-state index contributed by atoms with van der Waals surface area (Å²) in [6, 6.07) is 6.46. The van der Waals surface area contributed by atoms with Crippen molar-refractivity contribution in [3.8, 4) is 5.75 Å². The molecule has 100 valence electrons. The van der Waals surface area contributed by atoms with E-state index in [0.29, 0.717) is 11.8 Å².